The third-order valence-electron chi connectivity index (χ3n) is 2.28. The van der Waals surface area contributed by atoms with E-state index in [-0.39, 0.29) is 0 Å². The number of carboxylic acids is 1. The fraction of sp³-hybridized carbons (Fsp3) is 0.364. The summed E-state index contributed by atoms with van der Waals surface area (Å²) in [5.74, 6) is -0.833. The summed E-state index contributed by atoms with van der Waals surface area (Å²) >= 11 is 5.97. The van der Waals surface area contributed by atoms with Gasteiger partial charge in [0.25, 0.3) is 0 Å². The monoisotopic (exact) mass is 227 g/mol. The molecule has 0 amide bonds. The van der Waals surface area contributed by atoms with E-state index < -0.39 is 12.0 Å². The first-order valence-corrected chi connectivity index (χ1v) is 5.03. The lowest BCUT2D eigenvalue weighted by Crippen LogP contribution is -2.37. The van der Waals surface area contributed by atoms with Crippen LogP contribution in [0, 0.1) is 0 Å². The van der Waals surface area contributed by atoms with Gasteiger partial charge in [-0.15, -0.1) is 0 Å². The van der Waals surface area contributed by atoms with Crippen molar-refractivity contribution in [3.05, 3.63) is 34.9 Å². The minimum atomic E-state index is -0.833. The predicted molar refractivity (Wildman–Crippen MR) is 60.3 cm³/mol. The van der Waals surface area contributed by atoms with Crippen molar-refractivity contribution < 1.29 is 9.90 Å². The molecule has 0 saturated heterocycles. The van der Waals surface area contributed by atoms with E-state index in [0.29, 0.717) is 11.4 Å². The lowest BCUT2D eigenvalue weighted by molar-refractivity contribution is -0.142. The maximum Gasteiger partial charge on any atom is 0.321 e. The molecule has 1 aromatic carbocycles. The second-order valence-electron chi connectivity index (χ2n) is 3.61. The third kappa shape index (κ3) is 3.22. The molecule has 0 spiro atoms. The summed E-state index contributed by atoms with van der Waals surface area (Å²) in [4.78, 5) is 12.6. The summed E-state index contributed by atoms with van der Waals surface area (Å²) in [7, 11) is 3.49. The highest BCUT2D eigenvalue weighted by Crippen LogP contribution is 2.17. The Morgan fingerprint density at radius 3 is 2.53 bits per heavy atom. The van der Waals surface area contributed by atoms with Crippen molar-refractivity contribution in [2.75, 3.05) is 14.1 Å². The van der Waals surface area contributed by atoms with E-state index in [2.05, 4.69) is 0 Å². The van der Waals surface area contributed by atoms with Crippen LogP contribution in [0.2, 0.25) is 5.02 Å². The maximum absolute atomic E-state index is 11.0. The number of benzene rings is 1. The highest BCUT2D eigenvalue weighted by molar-refractivity contribution is 6.31. The average Bonchev–Trinajstić information content (AvgIpc) is 2.15. The van der Waals surface area contributed by atoms with Crippen LogP contribution in [0.1, 0.15) is 5.56 Å². The zero-order valence-electron chi connectivity index (χ0n) is 8.77. The van der Waals surface area contributed by atoms with Gasteiger partial charge in [0.05, 0.1) is 0 Å². The third-order valence-corrected chi connectivity index (χ3v) is 2.65. The van der Waals surface area contributed by atoms with E-state index in [1.165, 1.54) is 0 Å². The van der Waals surface area contributed by atoms with Crippen LogP contribution < -0.4 is 0 Å². The summed E-state index contributed by atoms with van der Waals surface area (Å²) in [6.07, 6.45) is 0.419. The van der Waals surface area contributed by atoms with Gasteiger partial charge in [-0.2, -0.15) is 0 Å². The Morgan fingerprint density at radius 2 is 2.07 bits per heavy atom. The van der Waals surface area contributed by atoms with Crippen LogP contribution in [0.4, 0.5) is 0 Å². The highest BCUT2D eigenvalue weighted by Gasteiger charge is 2.20. The van der Waals surface area contributed by atoms with E-state index in [9.17, 15) is 4.79 Å². The van der Waals surface area contributed by atoms with E-state index in [1.807, 2.05) is 18.2 Å². The molecule has 0 heterocycles. The van der Waals surface area contributed by atoms with E-state index in [1.54, 1.807) is 25.1 Å². The number of halogens is 1. The van der Waals surface area contributed by atoms with Gasteiger partial charge in [-0.05, 0) is 25.7 Å². The Labute approximate surface area is 94.3 Å². The number of aliphatic carboxylic acids is 1. The average molecular weight is 228 g/mol. The summed E-state index contributed by atoms with van der Waals surface area (Å²) in [5.41, 5.74) is 0.861. The van der Waals surface area contributed by atoms with Gasteiger partial charge >= 0.3 is 5.97 Å². The second kappa shape index (κ2) is 5.14. The lowest BCUT2D eigenvalue weighted by Gasteiger charge is -2.20. The fourth-order valence-corrected chi connectivity index (χ4v) is 1.58. The van der Waals surface area contributed by atoms with Crippen molar-refractivity contribution in [2.45, 2.75) is 12.5 Å². The first-order valence-electron chi connectivity index (χ1n) is 4.65. The van der Waals surface area contributed by atoms with Gasteiger partial charge in [0.1, 0.15) is 6.04 Å². The summed E-state index contributed by atoms with van der Waals surface area (Å²) in [6, 6.07) is 6.77. The van der Waals surface area contributed by atoms with Gasteiger partial charge in [0.2, 0.25) is 0 Å². The number of nitrogens with zero attached hydrogens (tertiary/aromatic N) is 1. The van der Waals surface area contributed by atoms with Crippen molar-refractivity contribution in [3.63, 3.8) is 0 Å². The minimum Gasteiger partial charge on any atom is -0.480 e. The summed E-state index contributed by atoms with van der Waals surface area (Å²) in [6.45, 7) is 0. The SMILES string of the molecule is CN(C)C(Cc1ccccc1Cl)C(=O)O. The molecule has 0 radical (unpaired) electrons. The Balaban J connectivity index is 2.84. The van der Waals surface area contributed by atoms with Crippen molar-refractivity contribution in [3.8, 4) is 0 Å². The first kappa shape index (κ1) is 12.0. The number of rotatable bonds is 4. The molecule has 82 valence electrons. The number of hydrogen-bond acceptors (Lipinski definition) is 2. The van der Waals surface area contributed by atoms with Crippen LogP contribution in [0.15, 0.2) is 24.3 Å². The smallest absolute Gasteiger partial charge is 0.321 e. The normalized spacial score (nSPS) is 12.8. The van der Waals surface area contributed by atoms with E-state index in [0.717, 1.165) is 5.56 Å². The molecule has 1 aromatic rings. The van der Waals surface area contributed by atoms with Crippen LogP contribution in [-0.2, 0) is 11.2 Å². The largest absolute Gasteiger partial charge is 0.480 e. The quantitative estimate of drug-likeness (QED) is 0.854. The van der Waals surface area contributed by atoms with Crippen molar-refractivity contribution in [2.24, 2.45) is 0 Å². The molecule has 0 aliphatic heterocycles. The van der Waals surface area contributed by atoms with Crippen LogP contribution in [0.5, 0.6) is 0 Å². The zero-order valence-corrected chi connectivity index (χ0v) is 9.53. The Bertz CT molecular complexity index is 352. The molecular weight excluding hydrogens is 214 g/mol. The summed E-state index contributed by atoms with van der Waals surface area (Å²) < 4.78 is 0. The molecule has 0 aliphatic carbocycles. The molecule has 15 heavy (non-hydrogen) atoms. The maximum atomic E-state index is 11.0. The molecule has 0 saturated carbocycles. The molecule has 0 aliphatic rings. The Morgan fingerprint density at radius 1 is 1.47 bits per heavy atom. The number of carboxylic acid groups (broad SMARTS) is 1. The second-order valence-corrected chi connectivity index (χ2v) is 4.02. The highest BCUT2D eigenvalue weighted by atomic mass is 35.5. The lowest BCUT2D eigenvalue weighted by atomic mass is 10.1. The van der Waals surface area contributed by atoms with Gasteiger partial charge in [0.15, 0.2) is 0 Å². The molecule has 1 N–H and O–H groups in total. The molecular formula is C11H14ClNO2. The van der Waals surface area contributed by atoms with Gasteiger partial charge in [-0.3, -0.25) is 9.69 Å². The number of hydrogen-bond donors (Lipinski definition) is 1. The van der Waals surface area contributed by atoms with Crippen molar-refractivity contribution in [1.29, 1.82) is 0 Å². The molecule has 0 fully saturated rings. The topological polar surface area (TPSA) is 40.5 Å². The van der Waals surface area contributed by atoms with Gasteiger partial charge in [-0.1, -0.05) is 29.8 Å². The number of carbonyl (C=O) groups is 1. The molecule has 1 rings (SSSR count). The molecule has 3 nitrogen and oxygen atoms in total. The number of likely N-dealkylation sites (N-methyl/N-ethyl adjacent to an activating group) is 1. The van der Waals surface area contributed by atoms with Gasteiger partial charge in [-0.25, -0.2) is 0 Å². The minimum absolute atomic E-state index is 0.419. The molecule has 1 atom stereocenters. The summed E-state index contributed by atoms with van der Waals surface area (Å²) in [5, 5.41) is 9.63. The molecule has 0 bridgehead atoms. The molecule has 1 unspecified atom stereocenters. The van der Waals surface area contributed by atoms with Gasteiger partial charge < -0.3 is 5.11 Å². The van der Waals surface area contributed by atoms with Crippen LogP contribution in [0.25, 0.3) is 0 Å². The molecule has 4 heteroatoms. The van der Waals surface area contributed by atoms with Crippen molar-refractivity contribution >= 4 is 17.6 Å². The Hall–Kier alpha value is -1.06. The van der Waals surface area contributed by atoms with Crippen LogP contribution in [0.3, 0.4) is 0 Å². The predicted octanol–water partition coefficient (Wildman–Crippen LogP) is 1.90. The zero-order chi connectivity index (χ0) is 11.4. The van der Waals surface area contributed by atoms with Crippen LogP contribution >= 0.6 is 11.6 Å². The molecule has 0 aromatic heterocycles. The van der Waals surface area contributed by atoms with E-state index in [4.69, 9.17) is 16.7 Å². The Kier molecular flexibility index (Phi) is 4.12. The standard InChI is InChI=1S/C11H14ClNO2/c1-13(2)10(11(14)15)7-8-5-3-4-6-9(8)12/h3-6,10H,7H2,1-2H3,(H,14,15). The van der Waals surface area contributed by atoms with Crippen molar-refractivity contribution in [1.82, 2.24) is 4.90 Å². The fourth-order valence-electron chi connectivity index (χ4n) is 1.36. The first-order chi connectivity index (χ1) is 7.02. The van der Waals surface area contributed by atoms with Crippen LogP contribution in [-0.4, -0.2) is 36.1 Å². The van der Waals surface area contributed by atoms with Gasteiger partial charge in [0, 0.05) is 11.4 Å². The van der Waals surface area contributed by atoms with E-state index >= 15 is 0 Å².